The van der Waals surface area contributed by atoms with Crippen molar-refractivity contribution in [1.29, 1.82) is 0 Å². The number of amides is 1. The predicted octanol–water partition coefficient (Wildman–Crippen LogP) is 4.41. The van der Waals surface area contributed by atoms with Gasteiger partial charge in [-0.2, -0.15) is 0 Å². The second kappa shape index (κ2) is 9.48. The molecule has 3 nitrogen and oxygen atoms in total. The molecule has 0 saturated heterocycles. The van der Waals surface area contributed by atoms with Crippen LogP contribution in [0.5, 0.6) is 5.75 Å². The number of nitrogens with one attached hydrogen (secondary N) is 1. The van der Waals surface area contributed by atoms with Crippen LogP contribution in [0.1, 0.15) is 13.3 Å². The zero-order valence-corrected chi connectivity index (χ0v) is 14.6. The van der Waals surface area contributed by atoms with E-state index in [0.717, 1.165) is 15.7 Å². The zero-order valence-electron chi connectivity index (χ0n) is 13.0. The summed E-state index contributed by atoms with van der Waals surface area (Å²) in [7, 11) is 0. The maximum Gasteiger partial charge on any atom is 0.261 e. The van der Waals surface area contributed by atoms with E-state index in [1.54, 1.807) is 11.8 Å². The molecule has 1 atom stereocenters. The monoisotopic (exact) mass is 349 g/mol. The maximum absolute atomic E-state index is 12.2. The van der Waals surface area contributed by atoms with E-state index in [0.29, 0.717) is 18.7 Å². The highest BCUT2D eigenvalue weighted by Gasteiger charge is 2.17. The summed E-state index contributed by atoms with van der Waals surface area (Å²) in [5.74, 6) is 1.44. The summed E-state index contributed by atoms with van der Waals surface area (Å²) in [4.78, 5) is 13.3. The van der Waals surface area contributed by atoms with Crippen molar-refractivity contribution in [3.63, 3.8) is 0 Å². The Balaban J connectivity index is 1.73. The van der Waals surface area contributed by atoms with Gasteiger partial charge in [0.15, 0.2) is 6.10 Å². The summed E-state index contributed by atoms with van der Waals surface area (Å²) in [6.45, 7) is 2.54. The first-order valence-electron chi connectivity index (χ1n) is 7.57. The fourth-order valence-corrected chi connectivity index (χ4v) is 2.87. The van der Waals surface area contributed by atoms with Crippen molar-refractivity contribution in [1.82, 2.24) is 5.32 Å². The average molecular weight is 350 g/mol. The molecule has 0 unspecified atom stereocenters. The van der Waals surface area contributed by atoms with E-state index in [2.05, 4.69) is 5.32 Å². The Morgan fingerprint density at radius 1 is 1.17 bits per heavy atom. The third-order valence-electron chi connectivity index (χ3n) is 3.17. The number of thioether (sulfide) groups is 1. The number of benzene rings is 2. The molecular formula is C18H20ClNO2S. The van der Waals surface area contributed by atoms with Gasteiger partial charge in [-0.25, -0.2) is 0 Å². The highest BCUT2D eigenvalue weighted by atomic mass is 35.5. The maximum atomic E-state index is 12.2. The molecular weight excluding hydrogens is 330 g/mol. The van der Waals surface area contributed by atoms with Gasteiger partial charge in [-0.15, -0.1) is 11.8 Å². The van der Waals surface area contributed by atoms with E-state index >= 15 is 0 Å². The van der Waals surface area contributed by atoms with Gasteiger partial charge in [-0.1, -0.05) is 36.7 Å². The van der Waals surface area contributed by atoms with Crippen LogP contribution in [0.15, 0.2) is 59.5 Å². The quantitative estimate of drug-likeness (QED) is 0.567. The molecule has 0 radical (unpaired) electrons. The molecule has 0 aliphatic heterocycles. The van der Waals surface area contributed by atoms with E-state index in [1.807, 2.05) is 61.5 Å². The number of rotatable bonds is 8. The Morgan fingerprint density at radius 2 is 1.87 bits per heavy atom. The number of carbonyl (C=O) groups excluding carboxylic acids is 1. The molecule has 0 aromatic heterocycles. The van der Waals surface area contributed by atoms with Crippen LogP contribution < -0.4 is 10.1 Å². The molecule has 1 N–H and O–H groups in total. The fraction of sp³-hybridized carbons (Fsp3) is 0.278. The number of ether oxygens (including phenoxy) is 1. The molecule has 23 heavy (non-hydrogen) atoms. The lowest BCUT2D eigenvalue weighted by Gasteiger charge is -2.17. The zero-order chi connectivity index (χ0) is 16.5. The smallest absolute Gasteiger partial charge is 0.261 e. The van der Waals surface area contributed by atoms with Gasteiger partial charge >= 0.3 is 0 Å². The first kappa shape index (κ1) is 17.7. The minimum atomic E-state index is -0.460. The Bertz CT molecular complexity index is 604. The minimum Gasteiger partial charge on any atom is -0.481 e. The molecule has 122 valence electrons. The summed E-state index contributed by atoms with van der Waals surface area (Å²) in [6, 6.07) is 17.1. The van der Waals surface area contributed by atoms with Gasteiger partial charge in [0.25, 0.3) is 5.91 Å². The Hall–Kier alpha value is -1.65. The first-order valence-corrected chi connectivity index (χ1v) is 8.93. The number of hydrogen-bond acceptors (Lipinski definition) is 3. The van der Waals surface area contributed by atoms with E-state index < -0.39 is 6.10 Å². The minimum absolute atomic E-state index is 0.0759. The van der Waals surface area contributed by atoms with Gasteiger partial charge in [0.2, 0.25) is 0 Å². The summed E-state index contributed by atoms with van der Waals surface area (Å²) >= 11 is 7.53. The topological polar surface area (TPSA) is 38.3 Å². The number of hydrogen-bond donors (Lipinski definition) is 1. The van der Waals surface area contributed by atoms with Crippen LogP contribution >= 0.6 is 23.4 Å². The van der Waals surface area contributed by atoms with E-state index in [9.17, 15) is 4.79 Å². The van der Waals surface area contributed by atoms with Crippen LogP contribution in [0.4, 0.5) is 0 Å². The molecule has 2 aromatic rings. The van der Waals surface area contributed by atoms with Crippen LogP contribution in [0.25, 0.3) is 0 Å². The van der Waals surface area contributed by atoms with Gasteiger partial charge in [-0.05, 0) is 42.8 Å². The number of carbonyl (C=O) groups is 1. The highest BCUT2D eigenvalue weighted by Crippen LogP contribution is 2.19. The van der Waals surface area contributed by atoms with Crippen LogP contribution in [0.3, 0.4) is 0 Å². The third-order valence-corrected chi connectivity index (χ3v) is 4.43. The molecule has 0 heterocycles. The second-order valence-corrected chi connectivity index (χ2v) is 6.53. The van der Waals surface area contributed by atoms with Crippen molar-refractivity contribution < 1.29 is 9.53 Å². The lowest BCUT2D eigenvalue weighted by Crippen LogP contribution is -2.39. The van der Waals surface area contributed by atoms with Gasteiger partial charge in [0.1, 0.15) is 5.75 Å². The lowest BCUT2D eigenvalue weighted by molar-refractivity contribution is -0.127. The molecule has 0 fully saturated rings. The van der Waals surface area contributed by atoms with Gasteiger partial charge in [0, 0.05) is 22.2 Å². The van der Waals surface area contributed by atoms with E-state index in [1.165, 1.54) is 0 Å². The summed E-state index contributed by atoms with van der Waals surface area (Å²) in [6.07, 6.45) is 0.170. The Kier molecular flexibility index (Phi) is 7.30. The van der Waals surface area contributed by atoms with E-state index in [-0.39, 0.29) is 5.91 Å². The molecule has 0 saturated carbocycles. The van der Waals surface area contributed by atoms with E-state index in [4.69, 9.17) is 16.3 Å². The Labute approximate surface area is 146 Å². The van der Waals surface area contributed by atoms with Crippen molar-refractivity contribution in [2.45, 2.75) is 24.3 Å². The van der Waals surface area contributed by atoms with Crippen molar-refractivity contribution in [2.75, 3.05) is 12.3 Å². The largest absolute Gasteiger partial charge is 0.481 e. The molecule has 0 aliphatic rings. The lowest BCUT2D eigenvalue weighted by atomic mass is 10.2. The Morgan fingerprint density at radius 3 is 2.52 bits per heavy atom. The first-order chi connectivity index (χ1) is 11.2. The molecule has 0 bridgehead atoms. The second-order valence-electron chi connectivity index (χ2n) is 4.92. The van der Waals surface area contributed by atoms with Crippen LogP contribution in [-0.2, 0) is 4.79 Å². The van der Waals surface area contributed by atoms with Crippen molar-refractivity contribution in [2.24, 2.45) is 0 Å². The summed E-state index contributed by atoms with van der Waals surface area (Å²) in [5.41, 5.74) is 0. The van der Waals surface area contributed by atoms with Crippen molar-refractivity contribution >= 4 is 29.3 Å². The summed E-state index contributed by atoms with van der Waals surface area (Å²) < 4.78 is 5.72. The van der Waals surface area contributed by atoms with Crippen LogP contribution in [0.2, 0.25) is 5.02 Å². The molecule has 1 amide bonds. The fourth-order valence-electron chi connectivity index (χ4n) is 1.97. The van der Waals surface area contributed by atoms with Gasteiger partial charge in [0.05, 0.1) is 0 Å². The molecule has 2 rings (SSSR count). The number of halogens is 1. The van der Waals surface area contributed by atoms with Crippen LogP contribution in [-0.4, -0.2) is 24.3 Å². The normalized spacial score (nSPS) is 11.7. The van der Waals surface area contributed by atoms with Crippen LogP contribution in [0, 0.1) is 0 Å². The van der Waals surface area contributed by atoms with Crippen molar-refractivity contribution in [3.05, 3.63) is 59.6 Å². The predicted molar refractivity (Wildman–Crippen MR) is 96.3 cm³/mol. The SMILES string of the molecule is CC[C@@H](Oc1ccccc1)C(=O)NCCSc1ccc(Cl)cc1. The molecule has 5 heteroatoms. The third kappa shape index (κ3) is 6.16. The average Bonchev–Trinajstić information content (AvgIpc) is 2.59. The van der Waals surface area contributed by atoms with Crippen molar-refractivity contribution in [3.8, 4) is 5.75 Å². The van der Waals surface area contributed by atoms with Gasteiger partial charge in [-0.3, -0.25) is 4.79 Å². The standard InChI is InChI=1S/C18H20ClNO2S/c1-2-17(22-15-6-4-3-5-7-15)18(21)20-12-13-23-16-10-8-14(19)9-11-16/h3-11,17H,2,12-13H2,1H3,(H,20,21)/t17-/m1/s1. The molecule has 0 aliphatic carbocycles. The summed E-state index contributed by atoms with van der Waals surface area (Å²) in [5, 5.41) is 3.65. The number of para-hydroxylation sites is 1. The molecule has 0 spiro atoms. The highest BCUT2D eigenvalue weighted by molar-refractivity contribution is 7.99. The molecule has 2 aromatic carbocycles. The van der Waals surface area contributed by atoms with Gasteiger partial charge < -0.3 is 10.1 Å².